The number of aliphatic hydroxyl groups is 2. The molecule has 2 aliphatic rings. The number of hydrogen-bond donors (Lipinski definition) is 2. The summed E-state index contributed by atoms with van der Waals surface area (Å²) in [6, 6.07) is 8.50. The van der Waals surface area contributed by atoms with Crippen LogP contribution < -0.4 is 0 Å². The lowest BCUT2D eigenvalue weighted by Crippen LogP contribution is -2.27. The molecule has 4 atom stereocenters. The fraction of sp³-hybridized carbons (Fsp3) is 0.538. The molecule has 0 heterocycles. The molecule has 3 rings (SSSR count). The maximum atomic E-state index is 9.40. The third-order valence-electron chi connectivity index (χ3n) is 4.31. The number of hydrogen-bond acceptors (Lipinski definition) is 2. The average Bonchev–Trinajstić information content (AvgIpc) is 2.84. The van der Waals surface area contributed by atoms with Crippen LogP contribution in [-0.4, -0.2) is 23.4 Å². The number of aliphatic hydroxyl groups excluding tert-OH is 2. The molecular weight excluding hydrogens is 188 g/mol. The highest BCUT2D eigenvalue weighted by Crippen LogP contribution is 2.58. The summed E-state index contributed by atoms with van der Waals surface area (Å²) in [6.07, 6.45) is 1.12. The Morgan fingerprint density at radius 3 is 1.80 bits per heavy atom. The molecule has 2 bridgehead atoms. The van der Waals surface area contributed by atoms with Crippen LogP contribution in [0.15, 0.2) is 24.3 Å². The van der Waals surface area contributed by atoms with Gasteiger partial charge in [-0.3, -0.25) is 0 Å². The van der Waals surface area contributed by atoms with Crippen molar-refractivity contribution in [1.29, 1.82) is 0 Å². The summed E-state index contributed by atoms with van der Waals surface area (Å²) >= 11 is 0. The highest BCUT2D eigenvalue weighted by Gasteiger charge is 2.49. The van der Waals surface area contributed by atoms with Crippen LogP contribution >= 0.6 is 0 Å². The van der Waals surface area contributed by atoms with E-state index in [1.807, 2.05) is 0 Å². The molecule has 0 aromatic heterocycles. The molecule has 2 nitrogen and oxygen atoms in total. The molecule has 1 aromatic rings. The minimum absolute atomic E-state index is 0.209. The van der Waals surface area contributed by atoms with Crippen LogP contribution in [-0.2, 0) is 0 Å². The van der Waals surface area contributed by atoms with Gasteiger partial charge in [-0.25, -0.2) is 0 Å². The molecule has 2 aliphatic carbocycles. The van der Waals surface area contributed by atoms with E-state index in [4.69, 9.17) is 0 Å². The van der Waals surface area contributed by atoms with E-state index in [1.54, 1.807) is 0 Å². The lowest BCUT2D eigenvalue weighted by Gasteiger charge is -2.30. The fourth-order valence-corrected chi connectivity index (χ4v) is 3.65. The van der Waals surface area contributed by atoms with E-state index < -0.39 is 0 Å². The first-order valence-electron chi connectivity index (χ1n) is 5.67. The zero-order chi connectivity index (χ0) is 10.4. The largest absolute Gasteiger partial charge is 0.396 e. The van der Waals surface area contributed by atoms with Gasteiger partial charge in [0.15, 0.2) is 0 Å². The Bertz CT molecular complexity index is 340. The normalized spacial score (nSPS) is 36.9. The second-order valence-corrected chi connectivity index (χ2v) is 4.77. The third-order valence-corrected chi connectivity index (χ3v) is 4.31. The van der Waals surface area contributed by atoms with Crippen LogP contribution in [0.5, 0.6) is 0 Å². The zero-order valence-electron chi connectivity index (χ0n) is 8.63. The van der Waals surface area contributed by atoms with Crippen LogP contribution in [0.1, 0.15) is 29.4 Å². The molecule has 15 heavy (non-hydrogen) atoms. The van der Waals surface area contributed by atoms with E-state index in [0.717, 1.165) is 6.42 Å². The molecule has 0 unspecified atom stereocenters. The Morgan fingerprint density at radius 1 is 0.933 bits per heavy atom. The van der Waals surface area contributed by atoms with E-state index >= 15 is 0 Å². The van der Waals surface area contributed by atoms with E-state index in [-0.39, 0.29) is 25.0 Å². The first-order valence-corrected chi connectivity index (χ1v) is 5.67. The second kappa shape index (κ2) is 3.32. The standard InChI is InChI=1S/C13H16O2/c14-6-12-10-5-11(13(12)7-15)9-4-2-1-3-8(9)10/h1-4,10-15H,5-7H2/t10-,11-,12-,13+/m0/s1. The van der Waals surface area contributed by atoms with Gasteiger partial charge in [-0.2, -0.15) is 0 Å². The number of benzene rings is 1. The minimum Gasteiger partial charge on any atom is -0.396 e. The molecule has 0 spiro atoms. The van der Waals surface area contributed by atoms with Gasteiger partial charge < -0.3 is 10.2 Å². The Kier molecular flexibility index (Phi) is 2.08. The van der Waals surface area contributed by atoms with Gasteiger partial charge in [-0.1, -0.05) is 24.3 Å². The van der Waals surface area contributed by atoms with E-state index in [2.05, 4.69) is 24.3 Å². The maximum Gasteiger partial charge on any atom is 0.0468 e. The number of rotatable bonds is 2. The van der Waals surface area contributed by atoms with Crippen molar-refractivity contribution < 1.29 is 10.2 Å². The van der Waals surface area contributed by atoms with Gasteiger partial charge in [0.1, 0.15) is 0 Å². The fourth-order valence-electron chi connectivity index (χ4n) is 3.65. The number of fused-ring (bicyclic) bond motifs is 5. The Balaban J connectivity index is 2.05. The molecule has 1 saturated carbocycles. The van der Waals surface area contributed by atoms with Crippen molar-refractivity contribution in [2.24, 2.45) is 11.8 Å². The third kappa shape index (κ3) is 1.12. The smallest absolute Gasteiger partial charge is 0.0468 e. The summed E-state index contributed by atoms with van der Waals surface area (Å²) in [5.74, 6) is 1.51. The quantitative estimate of drug-likeness (QED) is 0.766. The van der Waals surface area contributed by atoms with Gasteiger partial charge in [0.05, 0.1) is 0 Å². The van der Waals surface area contributed by atoms with Gasteiger partial charge in [-0.05, 0) is 41.2 Å². The topological polar surface area (TPSA) is 40.5 Å². The van der Waals surface area contributed by atoms with E-state index in [0.29, 0.717) is 11.8 Å². The lowest BCUT2D eigenvalue weighted by atomic mass is 9.76. The van der Waals surface area contributed by atoms with Crippen LogP contribution in [0.2, 0.25) is 0 Å². The van der Waals surface area contributed by atoms with Crippen molar-refractivity contribution in [2.45, 2.75) is 18.3 Å². The predicted octanol–water partition coefficient (Wildman–Crippen LogP) is 1.49. The van der Waals surface area contributed by atoms with Crippen LogP contribution in [0.25, 0.3) is 0 Å². The molecule has 1 aromatic carbocycles. The molecule has 2 heteroatoms. The first-order chi connectivity index (χ1) is 7.36. The molecule has 0 aliphatic heterocycles. The predicted molar refractivity (Wildman–Crippen MR) is 57.7 cm³/mol. The summed E-state index contributed by atoms with van der Waals surface area (Å²) in [6.45, 7) is 0.418. The monoisotopic (exact) mass is 204 g/mol. The summed E-state index contributed by atoms with van der Waals surface area (Å²) < 4.78 is 0. The Morgan fingerprint density at radius 2 is 1.40 bits per heavy atom. The highest BCUT2D eigenvalue weighted by molar-refractivity contribution is 5.43. The van der Waals surface area contributed by atoms with Gasteiger partial charge >= 0.3 is 0 Å². The van der Waals surface area contributed by atoms with E-state index in [9.17, 15) is 10.2 Å². The molecule has 80 valence electrons. The van der Waals surface area contributed by atoms with Gasteiger partial charge in [0.2, 0.25) is 0 Å². The summed E-state index contributed by atoms with van der Waals surface area (Å²) in [5, 5.41) is 18.8. The molecule has 2 N–H and O–H groups in total. The Labute approximate surface area is 89.6 Å². The van der Waals surface area contributed by atoms with Gasteiger partial charge in [-0.15, -0.1) is 0 Å². The van der Waals surface area contributed by atoms with E-state index in [1.165, 1.54) is 11.1 Å². The van der Waals surface area contributed by atoms with Crippen molar-refractivity contribution in [3.05, 3.63) is 35.4 Å². The second-order valence-electron chi connectivity index (χ2n) is 4.77. The van der Waals surface area contributed by atoms with Crippen molar-refractivity contribution in [3.63, 3.8) is 0 Å². The van der Waals surface area contributed by atoms with Gasteiger partial charge in [0, 0.05) is 13.2 Å². The van der Waals surface area contributed by atoms with Crippen molar-refractivity contribution in [2.75, 3.05) is 13.2 Å². The highest BCUT2D eigenvalue weighted by atomic mass is 16.3. The zero-order valence-corrected chi connectivity index (χ0v) is 8.63. The minimum atomic E-state index is 0.209. The average molecular weight is 204 g/mol. The first kappa shape index (κ1) is 9.37. The lowest BCUT2D eigenvalue weighted by molar-refractivity contribution is 0.120. The summed E-state index contributed by atoms with van der Waals surface area (Å²) in [7, 11) is 0. The van der Waals surface area contributed by atoms with Crippen LogP contribution in [0.4, 0.5) is 0 Å². The summed E-state index contributed by atoms with van der Waals surface area (Å²) in [4.78, 5) is 0. The Hall–Kier alpha value is -0.860. The molecule has 0 amide bonds. The maximum absolute atomic E-state index is 9.40. The van der Waals surface area contributed by atoms with Crippen LogP contribution in [0.3, 0.4) is 0 Å². The molecule has 1 fully saturated rings. The summed E-state index contributed by atoms with van der Waals surface area (Å²) in [5.41, 5.74) is 2.82. The van der Waals surface area contributed by atoms with Crippen molar-refractivity contribution in [3.8, 4) is 0 Å². The molecule has 0 saturated heterocycles. The van der Waals surface area contributed by atoms with Crippen molar-refractivity contribution >= 4 is 0 Å². The molecular formula is C13H16O2. The molecule has 0 radical (unpaired) electrons. The van der Waals surface area contributed by atoms with Gasteiger partial charge in [0.25, 0.3) is 0 Å². The van der Waals surface area contributed by atoms with Crippen molar-refractivity contribution in [1.82, 2.24) is 0 Å². The van der Waals surface area contributed by atoms with Crippen LogP contribution in [0, 0.1) is 11.8 Å². The SMILES string of the molecule is OC[C@@H]1[C@H](CO)[C@H]2C[C@H]1c1ccccc12.